The number of nitrogens with two attached hydrogens (primary N) is 1. The number of nitrogens with one attached hydrogen (secondary N) is 1. The molecule has 0 amide bonds. The summed E-state index contributed by atoms with van der Waals surface area (Å²) in [6, 6.07) is 3.36. The summed E-state index contributed by atoms with van der Waals surface area (Å²) in [5.41, 5.74) is 1.37. The van der Waals surface area contributed by atoms with E-state index in [2.05, 4.69) is 17.1 Å². The van der Waals surface area contributed by atoms with E-state index in [0.29, 0.717) is 19.0 Å². The quantitative estimate of drug-likeness (QED) is 0.543. The van der Waals surface area contributed by atoms with Crippen LogP contribution in [0.4, 0.5) is 5.82 Å². The smallest absolute Gasteiger partial charge is 0.247 e. The Labute approximate surface area is 195 Å². The molecule has 3 N–H and O–H groups in total. The Kier molecular flexibility index (Phi) is 6.21. The maximum atomic E-state index is 11.6. The summed E-state index contributed by atoms with van der Waals surface area (Å²) in [5, 5.41) is 9.87. The summed E-state index contributed by atoms with van der Waals surface area (Å²) >= 11 is 2.99. The molecule has 1 aliphatic heterocycles. The maximum Gasteiger partial charge on any atom is 0.247 e. The van der Waals surface area contributed by atoms with Crippen LogP contribution in [0.1, 0.15) is 34.5 Å². The second-order valence-electron chi connectivity index (χ2n) is 8.53. The van der Waals surface area contributed by atoms with Crippen molar-refractivity contribution in [2.75, 3.05) is 31.6 Å². The third kappa shape index (κ3) is 4.68. The van der Waals surface area contributed by atoms with Crippen LogP contribution in [0, 0.1) is 5.92 Å². The highest BCUT2D eigenvalue weighted by Gasteiger charge is 2.25. The second-order valence-corrected chi connectivity index (χ2v) is 12.6. The number of fused-ring (bicyclic) bond motifs is 3. The molecule has 8 nitrogen and oxygen atoms in total. The van der Waals surface area contributed by atoms with Crippen LogP contribution in [0.15, 0.2) is 16.3 Å². The van der Waals surface area contributed by atoms with Crippen LogP contribution in [0.25, 0.3) is 10.2 Å². The van der Waals surface area contributed by atoms with Crippen molar-refractivity contribution < 1.29 is 13.2 Å². The van der Waals surface area contributed by atoms with Gasteiger partial charge in [0.05, 0.1) is 31.7 Å². The molecule has 0 radical (unpaired) electrons. The number of primary sulfonamides is 1. The third-order valence-electron chi connectivity index (χ3n) is 6.02. The number of hydrogen-bond acceptors (Lipinski definition) is 9. The molecule has 3 aromatic heterocycles. The third-order valence-corrected chi connectivity index (χ3v) is 9.69. The molecule has 4 heterocycles. The van der Waals surface area contributed by atoms with Gasteiger partial charge in [0.15, 0.2) is 0 Å². The Hall–Kier alpha value is -1.63. The Bertz CT molecular complexity index is 1230. The average Bonchev–Trinajstić information content (AvgIpc) is 3.37. The van der Waals surface area contributed by atoms with E-state index in [1.807, 2.05) is 0 Å². The van der Waals surface area contributed by atoms with Crippen LogP contribution in [0.2, 0.25) is 0 Å². The lowest BCUT2D eigenvalue weighted by atomic mass is 9.89. The highest BCUT2D eigenvalue weighted by atomic mass is 32.2. The van der Waals surface area contributed by atoms with Crippen molar-refractivity contribution in [2.24, 2.45) is 11.1 Å². The van der Waals surface area contributed by atoms with Gasteiger partial charge in [-0.3, -0.25) is 4.90 Å². The number of hydrogen-bond donors (Lipinski definition) is 2. The first-order valence-corrected chi connectivity index (χ1v) is 14.0. The monoisotopic (exact) mass is 493 g/mol. The van der Waals surface area contributed by atoms with E-state index in [4.69, 9.17) is 19.8 Å². The number of sulfonamides is 1. The largest absolute Gasteiger partial charge is 0.379 e. The predicted octanol–water partition coefficient (Wildman–Crippen LogP) is 2.97. The molecule has 1 fully saturated rings. The zero-order valence-corrected chi connectivity index (χ0v) is 20.4. The summed E-state index contributed by atoms with van der Waals surface area (Å²) in [4.78, 5) is 15.6. The minimum atomic E-state index is -3.68. The van der Waals surface area contributed by atoms with Gasteiger partial charge < -0.3 is 10.1 Å². The molecule has 0 spiro atoms. The van der Waals surface area contributed by atoms with Gasteiger partial charge in [-0.15, -0.1) is 22.7 Å². The molecule has 172 valence electrons. The Morgan fingerprint density at radius 3 is 2.81 bits per heavy atom. The lowest BCUT2D eigenvalue weighted by molar-refractivity contribution is 0.0331. The molecule has 32 heavy (non-hydrogen) atoms. The average molecular weight is 494 g/mol. The van der Waals surface area contributed by atoms with Crippen LogP contribution < -0.4 is 10.5 Å². The topological polar surface area (TPSA) is 110 Å². The lowest BCUT2D eigenvalue weighted by Crippen LogP contribution is -2.36. The molecule has 11 heteroatoms. The van der Waals surface area contributed by atoms with Crippen molar-refractivity contribution in [3.05, 3.63) is 33.3 Å². The Morgan fingerprint density at radius 2 is 2.06 bits per heavy atom. The van der Waals surface area contributed by atoms with Crippen molar-refractivity contribution in [1.29, 1.82) is 0 Å². The minimum Gasteiger partial charge on any atom is -0.379 e. The van der Waals surface area contributed by atoms with E-state index in [1.54, 1.807) is 23.5 Å². The summed E-state index contributed by atoms with van der Waals surface area (Å²) in [5.74, 6) is 2.34. The van der Waals surface area contributed by atoms with Gasteiger partial charge in [-0.2, -0.15) is 0 Å². The van der Waals surface area contributed by atoms with Gasteiger partial charge in [-0.25, -0.2) is 23.5 Å². The van der Waals surface area contributed by atoms with Crippen LogP contribution in [0.3, 0.4) is 0 Å². The van der Waals surface area contributed by atoms with Crippen molar-refractivity contribution in [2.45, 2.75) is 43.5 Å². The Morgan fingerprint density at radius 1 is 1.25 bits per heavy atom. The molecule has 1 saturated heterocycles. The number of aromatic nitrogens is 2. The van der Waals surface area contributed by atoms with Gasteiger partial charge in [0, 0.05) is 22.8 Å². The first kappa shape index (κ1) is 22.2. The van der Waals surface area contributed by atoms with E-state index >= 15 is 0 Å². The first-order valence-electron chi connectivity index (χ1n) is 10.8. The molecular weight excluding hydrogens is 466 g/mol. The zero-order chi connectivity index (χ0) is 22.3. The molecule has 1 aliphatic carbocycles. The normalized spacial score (nSPS) is 19.9. The first-order chi connectivity index (χ1) is 15.4. The van der Waals surface area contributed by atoms with E-state index in [0.717, 1.165) is 65.9 Å². The molecule has 5 rings (SSSR count). The lowest BCUT2D eigenvalue weighted by Gasteiger charge is -2.26. The van der Waals surface area contributed by atoms with E-state index in [-0.39, 0.29) is 4.21 Å². The second kappa shape index (κ2) is 8.96. The number of ether oxygens (including phenoxy) is 1. The molecule has 1 unspecified atom stereocenters. The molecule has 2 aliphatic rings. The Balaban J connectivity index is 1.47. The van der Waals surface area contributed by atoms with E-state index < -0.39 is 10.0 Å². The summed E-state index contributed by atoms with van der Waals surface area (Å²) in [6.45, 7) is 6.74. The number of aryl methyl sites for hydroxylation is 1. The number of morpholine rings is 1. The number of thiophene rings is 2. The highest BCUT2D eigenvalue weighted by molar-refractivity contribution is 7.91. The standard InChI is InChI=1S/C21H27N5O3S3/c1-13-2-4-15-16(10-13)31-21-19(15)20(23-11-14-3-5-18(30-14)32(22,27)28)24-17(25-21)12-26-6-8-29-9-7-26/h3,5,13H,2,4,6-12H2,1H3,(H2,22,27,28)(H,23,24,25). The molecular formula is C21H27N5O3S3. The van der Waals surface area contributed by atoms with Crippen LogP contribution >= 0.6 is 22.7 Å². The summed E-state index contributed by atoms with van der Waals surface area (Å²) < 4.78 is 28.9. The van der Waals surface area contributed by atoms with Gasteiger partial charge >= 0.3 is 0 Å². The molecule has 1 atom stereocenters. The molecule has 3 aromatic rings. The minimum absolute atomic E-state index is 0.178. The van der Waals surface area contributed by atoms with Crippen LogP contribution in [-0.2, 0) is 40.7 Å². The number of rotatable bonds is 6. The van der Waals surface area contributed by atoms with Gasteiger partial charge in [0.2, 0.25) is 10.0 Å². The van der Waals surface area contributed by atoms with E-state index in [9.17, 15) is 8.42 Å². The van der Waals surface area contributed by atoms with Crippen LogP contribution in [0.5, 0.6) is 0 Å². The van der Waals surface area contributed by atoms with Gasteiger partial charge in [0.1, 0.15) is 20.7 Å². The van der Waals surface area contributed by atoms with Crippen molar-refractivity contribution in [3.63, 3.8) is 0 Å². The predicted molar refractivity (Wildman–Crippen MR) is 128 cm³/mol. The van der Waals surface area contributed by atoms with Crippen molar-refractivity contribution in [3.8, 4) is 0 Å². The van der Waals surface area contributed by atoms with Gasteiger partial charge in [0.25, 0.3) is 0 Å². The number of nitrogens with zero attached hydrogens (tertiary/aromatic N) is 3. The molecule has 0 bridgehead atoms. The molecule has 0 saturated carbocycles. The SMILES string of the molecule is CC1CCc2c(sc3nc(CN4CCOCC4)nc(NCc4ccc(S(N)(=O)=O)s4)c23)C1. The maximum absolute atomic E-state index is 11.6. The molecule has 0 aromatic carbocycles. The van der Waals surface area contributed by atoms with Crippen LogP contribution in [-0.4, -0.2) is 49.6 Å². The zero-order valence-electron chi connectivity index (χ0n) is 18.0. The van der Waals surface area contributed by atoms with E-state index in [1.165, 1.54) is 28.2 Å². The summed E-state index contributed by atoms with van der Waals surface area (Å²) in [7, 11) is -3.68. The fourth-order valence-electron chi connectivity index (χ4n) is 4.32. The summed E-state index contributed by atoms with van der Waals surface area (Å²) in [6.07, 6.45) is 3.32. The fourth-order valence-corrected chi connectivity index (χ4v) is 7.44. The van der Waals surface area contributed by atoms with Gasteiger partial charge in [-0.1, -0.05) is 6.92 Å². The van der Waals surface area contributed by atoms with Crippen molar-refractivity contribution >= 4 is 48.7 Å². The number of anilines is 1. The van der Waals surface area contributed by atoms with Crippen molar-refractivity contribution in [1.82, 2.24) is 14.9 Å². The highest BCUT2D eigenvalue weighted by Crippen LogP contribution is 2.40. The van der Waals surface area contributed by atoms with Gasteiger partial charge in [-0.05, 0) is 42.9 Å². The fraction of sp³-hybridized carbons (Fsp3) is 0.524.